The third kappa shape index (κ3) is 7.30. The Hall–Kier alpha value is -2.75. The molecule has 0 heterocycles. The van der Waals surface area contributed by atoms with E-state index in [-0.39, 0.29) is 29.8 Å². The smallest absolute Gasteiger partial charge is 0.396 e. The van der Waals surface area contributed by atoms with Gasteiger partial charge in [-0.15, -0.1) is 0 Å². The van der Waals surface area contributed by atoms with Crippen LogP contribution in [0.3, 0.4) is 0 Å². The van der Waals surface area contributed by atoms with Crippen LogP contribution in [0.25, 0.3) is 0 Å². The number of nitrogens with one attached hydrogen (secondary N) is 2. The van der Waals surface area contributed by atoms with Crippen molar-refractivity contribution in [1.29, 1.82) is 0 Å². The number of nitrogens with two attached hydrogens (primary N) is 1. The van der Waals surface area contributed by atoms with Gasteiger partial charge >= 0.3 is 6.18 Å². The van der Waals surface area contributed by atoms with Crippen molar-refractivity contribution in [3.8, 4) is 0 Å². The summed E-state index contributed by atoms with van der Waals surface area (Å²) in [4.78, 5) is 25.6. The highest BCUT2D eigenvalue weighted by Gasteiger charge is 2.28. The fraction of sp³-hybridized carbons (Fsp3) is 0.474. The summed E-state index contributed by atoms with van der Waals surface area (Å²) >= 11 is 0. The maximum atomic E-state index is 12.3. The van der Waals surface area contributed by atoms with Gasteiger partial charge in [-0.3, -0.25) is 9.59 Å². The molecule has 160 valence electrons. The van der Waals surface area contributed by atoms with Crippen LogP contribution in [-0.4, -0.2) is 49.3 Å². The van der Waals surface area contributed by atoms with Gasteiger partial charge in [-0.25, -0.2) is 0 Å². The summed E-state index contributed by atoms with van der Waals surface area (Å²) in [7, 11) is 1.67. The summed E-state index contributed by atoms with van der Waals surface area (Å²) in [6.07, 6.45) is -0.414. The van der Waals surface area contributed by atoms with Gasteiger partial charge in [-0.1, -0.05) is 0 Å². The Morgan fingerprint density at radius 3 is 2.62 bits per heavy atom. The minimum atomic E-state index is -4.50. The molecule has 29 heavy (non-hydrogen) atoms. The molecule has 2 rings (SSSR count). The lowest BCUT2D eigenvalue weighted by Gasteiger charge is -2.20. The third-order valence-electron chi connectivity index (χ3n) is 4.28. The molecule has 10 heteroatoms. The van der Waals surface area contributed by atoms with Crippen LogP contribution in [-0.2, 0) is 11.2 Å². The number of alkyl halides is 3. The highest BCUT2D eigenvalue weighted by Crippen LogP contribution is 2.24. The fourth-order valence-electron chi connectivity index (χ4n) is 2.66. The molecule has 1 fully saturated rings. The molecule has 0 spiro atoms. The number of benzene rings is 1. The monoisotopic (exact) mass is 414 g/mol. The molecule has 1 saturated carbocycles. The van der Waals surface area contributed by atoms with Crippen LogP contribution in [0.1, 0.15) is 35.2 Å². The maximum Gasteiger partial charge on any atom is 0.405 e. The zero-order chi connectivity index (χ0) is 21.6. The molecule has 1 aliphatic rings. The van der Waals surface area contributed by atoms with Crippen molar-refractivity contribution in [2.75, 3.05) is 25.1 Å². The van der Waals surface area contributed by atoms with Gasteiger partial charge in [0.15, 0.2) is 0 Å². The second-order valence-electron chi connectivity index (χ2n) is 6.91. The van der Waals surface area contributed by atoms with Crippen LogP contribution in [0.2, 0.25) is 0 Å². The number of amides is 2. The summed E-state index contributed by atoms with van der Waals surface area (Å²) in [6, 6.07) is 4.60. The topological polar surface area (TPSA) is 108 Å². The van der Waals surface area contributed by atoms with Crippen molar-refractivity contribution in [1.82, 2.24) is 10.6 Å². The van der Waals surface area contributed by atoms with E-state index < -0.39 is 18.6 Å². The molecular weight excluding hydrogens is 389 g/mol. The second kappa shape index (κ2) is 9.64. The first-order valence-corrected chi connectivity index (χ1v) is 9.20. The number of anilines is 1. The molecule has 0 unspecified atom stereocenters. The van der Waals surface area contributed by atoms with Gasteiger partial charge in [0.2, 0.25) is 0 Å². The van der Waals surface area contributed by atoms with Gasteiger partial charge < -0.3 is 26.4 Å². The standard InChI is InChI=1S/C19H25F3N4O3/c1-26(10-15(23)18(29)25-14-5-6-14)16-7-4-13(9-12(16)3-2-8-27)17(28)24-11-19(20,21)22/h4,7,9-10,14,27H,2-3,5-6,8,11,23H2,1H3,(H,24,28)(H,25,29). The Kier molecular flexibility index (Phi) is 7.49. The highest BCUT2D eigenvalue weighted by molar-refractivity contribution is 5.95. The second-order valence-corrected chi connectivity index (χ2v) is 6.91. The Bertz CT molecular complexity index is 776. The molecule has 1 aliphatic carbocycles. The number of aliphatic hydroxyl groups is 1. The summed E-state index contributed by atoms with van der Waals surface area (Å²) in [5.74, 6) is -1.22. The number of aryl methyl sites for hydroxylation is 1. The lowest BCUT2D eigenvalue weighted by molar-refractivity contribution is -0.123. The Balaban J connectivity index is 2.18. The third-order valence-corrected chi connectivity index (χ3v) is 4.28. The van der Waals surface area contributed by atoms with Gasteiger partial charge in [0.1, 0.15) is 12.2 Å². The van der Waals surface area contributed by atoms with Crippen LogP contribution < -0.4 is 21.3 Å². The Labute approximate surface area is 166 Å². The summed E-state index contributed by atoms with van der Waals surface area (Å²) in [6.45, 7) is -1.51. The SMILES string of the molecule is CN(C=C(N)C(=O)NC1CC1)c1ccc(C(=O)NCC(F)(F)F)cc1CCCO. The lowest BCUT2D eigenvalue weighted by Crippen LogP contribution is -2.33. The van der Waals surface area contributed by atoms with Crippen LogP contribution >= 0.6 is 0 Å². The van der Waals surface area contributed by atoms with Crippen molar-refractivity contribution in [2.24, 2.45) is 5.73 Å². The Morgan fingerprint density at radius 2 is 2.03 bits per heavy atom. The number of rotatable bonds is 9. The van der Waals surface area contributed by atoms with Gasteiger partial charge in [0.25, 0.3) is 11.8 Å². The van der Waals surface area contributed by atoms with E-state index in [0.717, 1.165) is 12.8 Å². The van der Waals surface area contributed by atoms with Crippen LogP contribution in [0.15, 0.2) is 30.1 Å². The number of hydrogen-bond donors (Lipinski definition) is 4. The van der Waals surface area contributed by atoms with Crippen molar-refractivity contribution in [3.05, 3.63) is 41.2 Å². The predicted molar refractivity (Wildman–Crippen MR) is 102 cm³/mol. The van der Waals surface area contributed by atoms with E-state index in [0.29, 0.717) is 24.1 Å². The zero-order valence-corrected chi connectivity index (χ0v) is 16.1. The van der Waals surface area contributed by atoms with Crippen LogP contribution in [0.4, 0.5) is 18.9 Å². The van der Waals surface area contributed by atoms with E-state index in [9.17, 15) is 22.8 Å². The van der Waals surface area contributed by atoms with Crippen LogP contribution in [0, 0.1) is 0 Å². The van der Waals surface area contributed by atoms with Gasteiger partial charge in [-0.05, 0) is 49.4 Å². The molecule has 0 aromatic heterocycles. The van der Waals surface area contributed by atoms with Crippen molar-refractivity contribution < 1.29 is 27.9 Å². The molecule has 0 aliphatic heterocycles. The highest BCUT2D eigenvalue weighted by atomic mass is 19.4. The van der Waals surface area contributed by atoms with Crippen molar-refractivity contribution >= 4 is 17.5 Å². The maximum absolute atomic E-state index is 12.3. The number of carbonyl (C=O) groups is 2. The molecule has 0 bridgehead atoms. The van der Waals surface area contributed by atoms with Gasteiger partial charge in [0.05, 0.1) is 0 Å². The van der Waals surface area contributed by atoms with E-state index in [2.05, 4.69) is 5.32 Å². The number of halogens is 3. The first-order valence-electron chi connectivity index (χ1n) is 9.20. The molecule has 0 saturated heterocycles. The summed E-state index contributed by atoms with van der Waals surface area (Å²) in [5.41, 5.74) is 7.17. The molecule has 7 nitrogen and oxygen atoms in total. The number of hydrogen-bond acceptors (Lipinski definition) is 5. The van der Waals surface area contributed by atoms with E-state index >= 15 is 0 Å². The number of aliphatic hydroxyl groups excluding tert-OH is 1. The lowest BCUT2D eigenvalue weighted by atomic mass is 10.0. The largest absolute Gasteiger partial charge is 0.405 e. The molecule has 0 radical (unpaired) electrons. The molecule has 2 amide bonds. The van der Waals surface area contributed by atoms with Gasteiger partial charge in [-0.2, -0.15) is 13.2 Å². The van der Waals surface area contributed by atoms with Crippen LogP contribution in [0.5, 0.6) is 0 Å². The zero-order valence-electron chi connectivity index (χ0n) is 16.1. The number of carbonyl (C=O) groups excluding carboxylic acids is 2. The van der Waals surface area contributed by atoms with Crippen molar-refractivity contribution in [3.63, 3.8) is 0 Å². The molecule has 1 aromatic carbocycles. The molecular formula is C19H25F3N4O3. The average Bonchev–Trinajstić information content (AvgIpc) is 3.47. The molecule has 0 atom stereocenters. The van der Waals surface area contributed by atoms with E-state index in [1.807, 2.05) is 5.32 Å². The normalized spacial score (nSPS) is 14.4. The minimum Gasteiger partial charge on any atom is -0.396 e. The molecule has 5 N–H and O–H groups in total. The van der Waals surface area contributed by atoms with E-state index in [1.54, 1.807) is 18.0 Å². The van der Waals surface area contributed by atoms with E-state index in [1.165, 1.54) is 18.3 Å². The van der Waals surface area contributed by atoms with E-state index in [4.69, 9.17) is 10.8 Å². The quantitative estimate of drug-likeness (QED) is 0.457. The van der Waals surface area contributed by atoms with Crippen molar-refractivity contribution in [2.45, 2.75) is 37.9 Å². The first-order chi connectivity index (χ1) is 13.6. The Morgan fingerprint density at radius 1 is 1.34 bits per heavy atom. The summed E-state index contributed by atoms with van der Waals surface area (Å²) in [5, 5.41) is 13.7. The fourth-order valence-corrected chi connectivity index (χ4v) is 2.66. The van der Waals surface area contributed by atoms with Gasteiger partial charge in [0, 0.05) is 37.1 Å². The summed E-state index contributed by atoms with van der Waals surface area (Å²) < 4.78 is 37.0. The minimum absolute atomic E-state index is 0.0134. The number of nitrogens with zero attached hydrogens (tertiary/aromatic N) is 1. The average molecular weight is 414 g/mol. The first kappa shape index (κ1) is 22.5. The molecule has 1 aromatic rings. The predicted octanol–water partition coefficient (Wildman–Crippen LogP) is 1.42.